The van der Waals surface area contributed by atoms with Gasteiger partial charge in [-0.3, -0.25) is 4.79 Å². The number of hydrogen-bond acceptors (Lipinski definition) is 8. The summed E-state index contributed by atoms with van der Waals surface area (Å²) in [6.45, 7) is 2.75. The molecule has 4 aromatic rings. The first-order chi connectivity index (χ1) is 18.2. The number of benzene rings is 2. The average molecular weight is 559 g/mol. The Morgan fingerprint density at radius 2 is 1.81 bits per heavy atom. The third-order valence-corrected chi connectivity index (χ3v) is 6.70. The lowest BCUT2D eigenvalue weighted by atomic mass is 9.96. The molecule has 2 aromatic carbocycles. The minimum Gasteiger partial charge on any atom is -0.402 e. The highest BCUT2D eigenvalue weighted by molar-refractivity contribution is 9.10. The molecule has 1 fully saturated rings. The number of carbonyl (C=O) groups is 1. The van der Waals surface area contributed by atoms with Crippen molar-refractivity contribution < 1.29 is 13.9 Å². The lowest BCUT2D eigenvalue weighted by Crippen LogP contribution is -2.36. The fourth-order valence-electron chi connectivity index (χ4n) is 4.50. The summed E-state index contributed by atoms with van der Waals surface area (Å²) in [5, 5.41) is 14.5. The number of ether oxygens (including phenoxy) is 1. The van der Waals surface area contributed by atoms with Crippen molar-refractivity contribution in [2.45, 2.75) is 6.04 Å². The molecule has 0 radical (unpaired) electrons. The highest BCUT2D eigenvalue weighted by atomic mass is 79.9. The van der Waals surface area contributed by atoms with Crippen molar-refractivity contribution >= 4 is 44.8 Å². The van der Waals surface area contributed by atoms with E-state index in [1.165, 1.54) is 0 Å². The minimum atomic E-state index is -0.743. The molecular weight excluding hydrogens is 536 g/mol. The Balaban J connectivity index is 1.32. The van der Waals surface area contributed by atoms with E-state index in [1.54, 1.807) is 6.20 Å². The Bertz CT molecular complexity index is 1470. The summed E-state index contributed by atoms with van der Waals surface area (Å²) < 4.78 is 12.3. The topological polar surface area (TPSA) is 105 Å². The van der Waals surface area contributed by atoms with Gasteiger partial charge in [-0.1, -0.05) is 53.6 Å². The number of amides is 1. The molecule has 2 aliphatic heterocycles. The van der Waals surface area contributed by atoms with Crippen LogP contribution in [-0.4, -0.2) is 53.4 Å². The number of morpholine rings is 1. The van der Waals surface area contributed by atoms with E-state index in [9.17, 15) is 4.79 Å². The molecule has 1 saturated heterocycles. The van der Waals surface area contributed by atoms with Crippen molar-refractivity contribution in [1.82, 2.24) is 15.2 Å². The molecule has 1 amide bonds. The van der Waals surface area contributed by atoms with E-state index in [0.717, 1.165) is 45.6 Å². The van der Waals surface area contributed by atoms with E-state index in [4.69, 9.17) is 9.15 Å². The fraction of sp³-hybridized carbons (Fsp3) is 0.185. The number of hydrogen-bond donors (Lipinski definition) is 2. The normalized spacial score (nSPS) is 17.4. The number of para-hydroxylation sites is 1. The van der Waals surface area contributed by atoms with Gasteiger partial charge in [0.15, 0.2) is 5.69 Å². The molecule has 10 heteroatoms. The van der Waals surface area contributed by atoms with Gasteiger partial charge >= 0.3 is 6.01 Å². The van der Waals surface area contributed by atoms with Gasteiger partial charge in [-0.25, -0.2) is 4.98 Å². The number of aromatic nitrogens is 3. The summed E-state index contributed by atoms with van der Waals surface area (Å²) in [5.41, 5.74) is 5.06. The molecule has 0 unspecified atom stereocenters. The lowest BCUT2D eigenvalue weighted by molar-refractivity contribution is -0.116. The van der Waals surface area contributed by atoms with Crippen molar-refractivity contribution in [2.24, 2.45) is 0 Å². The third kappa shape index (κ3) is 4.85. The monoisotopic (exact) mass is 558 g/mol. The van der Waals surface area contributed by atoms with Crippen LogP contribution in [0.3, 0.4) is 0 Å². The Labute approximate surface area is 221 Å². The molecule has 186 valence electrons. The van der Waals surface area contributed by atoms with E-state index in [2.05, 4.69) is 46.6 Å². The van der Waals surface area contributed by atoms with Gasteiger partial charge in [0.25, 0.3) is 11.8 Å². The summed E-state index contributed by atoms with van der Waals surface area (Å²) in [5.74, 6) is 0.0370. The van der Waals surface area contributed by atoms with Crippen molar-refractivity contribution in [3.8, 4) is 11.6 Å². The van der Waals surface area contributed by atoms with Gasteiger partial charge in [-0.15, -0.1) is 5.10 Å². The van der Waals surface area contributed by atoms with Crippen LogP contribution in [-0.2, 0) is 9.53 Å². The minimum absolute atomic E-state index is 0.127. The smallest absolute Gasteiger partial charge is 0.316 e. The second-order valence-electron chi connectivity index (χ2n) is 8.64. The Kier molecular flexibility index (Phi) is 6.42. The molecule has 1 atom stereocenters. The quantitative estimate of drug-likeness (QED) is 0.366. The molecule has 9 nitrogen and oxygen atoms in total. The molecule has 0 bridgehead atoms. The van der Waals surface area contributed by atoms with Crippen molar-refractivity contribution in [3.05, 3.63) is 88.5 Å². The summed E-state index contributed by atoms with van der Waals surface area (Å²) >= 11 is 3.51. The van der Waals surface area contributed by atoms with E-state index in [1.807, 2.05) is 66.7 Å². The zero-order valence-electron chi connectivity index (χ0n) is 19.7. The number of carbonyl (C=O) groups excluding carboxylic acids is 1. The summed E-state index contributed by atoms with van der Waals surface area (Å²) in [4.78, 5) is 19.9. The molecule has 0 saturated carbocycles. The van der Waals surface area contributed by atoms with E-state index < -0.39 is 6.04 Å². The number of halogens is 1. The van der Waals surface area contributed by atoms with Crippen LogP contribution in [0, 0.1) is 0 Å². The average Bonchev–Trinajstić information content (AvgIpc) is 3.35. The van der Waals surface area contributed by atoms with Crippen LogP contribution in [0.1, 0.15) is 11.1 Å². The predicted octanol–water partition coefficient (Wildman–Crippen LogP) is 4.60. The first-order valence-electron chi connectivity index (χ1n) is 11.9. The number of pyridine rings is 1. The first-order valence-corrected chi connectivity index (χ1v) is 12.7. The SMILES string of the molecule is O=C1Nc2ccccc2C(c2ccccc2)=C[C@@H]1Nc1nnc(-c2ncc(Br)cc2N2CCOCC2)o1. The van der Waals surface area contributed by atoms with Gasteiger partial charge in [0.1, 0.15) is 6.04 Å². The second-order valence-corrected chi connectivity index (χ2v) is 9.55. The molecule has 4 heterocycles. The van der Waals surface area contributed by atoms with Crippen molar-refractivity contribution in [2.75, 3.05) is 41.8 Å². The van der Waals surface area contributed by atoms with Crippen LogP contribution in [0.25, 0.3) is 17.2 Å². The van der Waals surface area contributed by atoms with Gasteiger partial charge in [0, 0.05) is 35.0 Å². The van der Waals surface area contributed by atoms with Crippen LogP contribution in [0.5, 0.6) is 0 Å². The van der Waals surface area contributed by atoms with Crippen LogP contribution in [0.2, 0.25) is 0 Å². The van der Waals surface area contributed by atoms with E-state index in [0.29, 0.717) is 18.9 Å². The molecule has 37 heavy (non-hydrogen) atoms. The van der Waals surface area contributed by atoms with E-state index in [-0.39, 0.29) is 17.8 Å². The van der Waals surface area contributed by atoms with Gasteiger partial charge < -0.3 is 24.7 Å². The van der Waals surface area contributed by atoms with Crippen molar-refractivity contribution in [3.63, 3.8) is 0 Å². The van der Waals surface area contributed by atoms with Gasteiger partial charge in [0.2, 0.25) is 0 Å². The molecule has 0 spiro atoms. The molecule has 2 aromatic heterocycles. The van der Waals surface area contributed by atoms with Gasteiger partial charge in [-0.05, 0) is 45.3 Å². The number of anilines is 3. The van der Waals surface area contributed by atoms with Crippen molar-refractivity contribution in [1.29, 1.82) is 0 Å². The van der Waals surface area contributed by atoms with Gasteiger partial charge in [0.05, 0.1) is 18.9 Å². The van der Waals surface area contributed by atoms with E-state index >= 15 is 0 Å². The fourth-order valence-corrected chi connectivity index (χ4v) is 4.81. The number of nitrogens with zero attached hydrogens (tertiary/aromatic N) is 4. The summed E-state index contributed by atoms with van der Waals surface area (Å²) in [6.07, 6.45) is 3.58. The standard InChI is InChI=1S/C27H23BrN6O3/c28-18-14-23(34-10-12-36-13-11-34)24(29-16-18)26-32-33-27(37-26)31-22-15-20(17-6-2-1-3-7-17)19-8-4-5-9-21(19)30-25(22)35/h1-9,14-16,22H,10-13H2,(H,30,35)(H,31,33)/t22-/m0/s1. The van der Waals surface area contributed by atoms with Crippen LogP contribution in [0.4, 0.5) is 17.4 Å². The summed E-state index contributed by atoms with van der Waals surface area (Å²) in [7, 11) is 0. The molecule has 6 rings (SSSR count). The predicted molar refractivity (Wildman–Crippen MR) is 144 cm³/mol. The molecule has 2 aliphatic rings. The first kappa shape index (κ1) is 23.4. The maximum atomic E-state index is 13.2. The molecule has 0 aliphatic carbocycles. The van der Waals surface area contributed by atoms with Crippen LogP contribution < -0.4 is 15.5 Å². The largest absolute Gasteiger partial charge is 0.402 e. The lowest BCUT2D eigenvalue weighted by Gasteiger charge is -2.29. The Morgan fingerprint density at radius 1 is 1.03 bits per heavy atom. The molecular formula is C27H23BrN6O3. The highest BCUT2D eigenvalue weighted by Crippen LogP contribution is 2.34. The Hall–Kier alpha value is -4.02. The molecule has 2 N–H and O–H groups in total. The number of rotatable bonds is 5. The number of nitrogens with one attached hydrogen (secondary N) is 2. The maximum absolute atomic E-state index is 13.2. The third-order valence-electron chi connectivity index (χ3n) is 6.27. The Morgan fingerprint density at radius 3 is 2.65 bits per heavy atom. The highest BCUT2D eigenvalue weighted by Gasteiger charge is 2.27. The number of fused-ring (bicyclic) bond motifs is 1. The second kappa shape index (κ2) is 10.2. The van der Waals surface area contributed by atoms with Crippen LogP contribution >= 0.6 is 15.9 Å². The van der Waals surface area contributed by atoms with Crippen LogP contribution in [0.15, 0.2) is 81.8 Å². The maximum Gasteiger partial charge on any atom is 0.316 e. The zero-order chi connectivity index (χ0) is 25.2. The van der Waals surface area contributed by atoms with Gasteiger partial charge in [-0.2, -0.15) is 0 Å². The summed E-state index contributed by atoms with van der Waals surface area (Å²) in [6, 6.07) is 19.1. The zero-order valence-corrected chi connectivity index (χ0v) is 21.3.